The van der Waals surface area contributed by atoms with Gasteiger partial charge in [0.2, 0.25) is 0 Å². The molecule has 0 unspecified atom stereocenters. The van der Waals surface area contributed by atoms with Crippen LogP contribution in [0.2, 0.25) is 0 Å². The number of carbonyl (C=O) groups is 1. The summed E-state index contributed by atoms with van der Waals surface area (Å²) in [5.41, 5.74) is 0.500. The number of hydrogen-bond acceptors (Lipinski definition) is 2. The van der Waals surface area contributed by atoms with Crippen LogP contribution in [-0.4, -0.2) is 28.9 Å². The fourth-order valence-electron chi connectivity index (χ4n) is 1.36. The van der Waals surface area contributed by atoms with Gasteiger partial charge in [0, 0.05) is 13.1 Å². The van der Waals surface area contributed by atoms with Gasteiger partial charge < -0.3 is 4.90 Å². The van der Waals surface area contributed by atoms with Crippen LogP contribution in [0, 0.1) is 0 Å². The van der Waals surface area contributed by atoms with Gasteiger partial charge in [0.1, 0.15) is 10.3 Å². The first-order valence-electron chi connectivity index (χ1n) is 5.10. The molecule has 1 aromatic rings. The smallest absolute Gasteiger partial charge is 0.272 e. The Bertz CT molecular complexity index is 341. The molecular weight excluding hydrogens is 256 g/mol. The summed E-state index contributed by atoms with van der Waals surface area (Å²) in [6.07, 6.45) is 0.966. The van der Waals surface area contributed by atoms with Gasteiger partial charge in [0.25, 0.3) is 5.91 Å². The average Bonchev–Trinajstić information content (AvgIpc) is 2.25. The minimum absolute atomic E-state index is 0.000602. The lowest BCUT2D eigenvalue weighted by Crippen LogP contribution is -2.32. The minimum atomic E-state index is 0.000602. The lowest BCUT2D eigenvalue weighted by molar-refractivity contribution is 0.0758. The lowest BCUT2D eigenvalue weighted by Gasteiger charge is -2.19. The summed E-state index contributed by atoms with van der Waals surface area (Å²) in [5, 5.41) is 0. The Morgan fingerprint density at radius 2 is 2.20 bits per heavy atom. The first-order valence-corrected chi connectivity index (χ1v) is 5.90. The van der Waals surface area contributed by atoms with Gasteiger partial charge in [-0.15, -0.1) is 0 Å². The molecule has 0 fully saturated rings. The third-order valence-electron chi connectivity index (χ3n) is 2.10. The Hall–Kier alpha value is -0.900. The maximum absolute atomic E-state index is 12.0. The van der Waals surface area contributed by atoms with E-state index in [0.717, 1.165) is 19.5 Å². The normalized spacial score (nSPS) is 10.1. The standard InChI is InChI=1S/C11H15BrN2O/c1-3-8-14(4-2)11(15)9-6-5-7-10(12)13-9/h5-7H,3-4,8H2,1-2H3. The van der Waals surface area contributed by atoms with Crippen LogP contribution in [0.4, 0.5) is 0 Å². The number of carbonyl (C=O) groups excluding carboxylic acids is 1. The molecule has 0 aliphatic heterocycles. The SMILES string of the molecule is CCCN(CC)C(=O)c1cccc(Br)n1. The Kier molecular flexibility index (Phi) is 4.75. The Morgan fingerprint density at radius 1 is 1.47 bits per heavy atom. The second-order valence-corrected chi connectivity index (χ2v) is 4.04. The second-order valence-electron chi connectivity index (χ2n) is 3.23. The van der Waals surface area contributed by atoms with E-state index in [1.165, 1.54) is 0 Å². The number of hydrogen-bond donors (Lipinski definition) is 0. The first-order chi connectivity index (χ1) is 7.19. The highest BCUT2D eigenvalue weighted by Crippen LogP contribution is 2.08. The Morgan fingerprint density at radius 3 is 2.73 bits per heavy atom. The van der Waals surface area contributed by atoms with Gasteiger partial charge in [-0.1, -0.05) is 13.0 Å². The highest BCUT2D eigenvalue weighted by molar-refractivity contribution is 9.10. The van der Waals surface area contributed by atoms with Crippen molar-refractivity contribution in [2.24, 2.45) is 0 Å². The fraction of sp³-hybridized carbons (Fsp3) is 0.455. The maximum atomic E-state index is 12.0. The monoisotopic (exact) mass is 270 g/mol. The zero-order chi connectivity index (χ0) is 11.3. The van der Waals surface area contributed by atoms with E-state index in [-0.39, 0.29) is 5.91 Å². The van der Waals surface area contributed by atoms with Crippen LogP contribution in [0.15, 0.2) is 22.8 Å². The Balaban J connectivity index is 2.82. The van der Waals surface area contributed by atoms with E-state index in [9.17, 15) is 4.79 Å². The molecule has 0 N–H and O–H groups in total. The molecule has 1 amide bonds. The summed E-state index contributed by atoms with van der Waals surface area (Å²) < 4.78 is 0.695. The first kappa shape index (κ1) is 12.2. The van der Waals surface area contributed by atoms with Crippen molar-refractivity contribution in [1.82, 2.24) is 9.88 Å². The Labute approximate surface area is 98.6 Å². The van der Waals surface area contributed by atoms with Crippen LogP contribution in [0.1, 0.15) is 30.8 Å². The highest BCUT2D eigenvalue weighted by atomic mass is 79.9. The summed E-state index contributed by atoms with van der Waals surface area (Å²) in [6.45, 7) is 5.54. The largest absolute Gasteiger partial charge is 0.338 e. The molecule has 3 nitrogen and oxygen atoms in total. The van der Waals surface area contributed by atoms with Crippen LogP contribution < -0.4 is 0 Å². The van der Waals surface area contributed by atoms with Crippen molar-refractivity contribution in [1.29, 1.82) is 0 Å². The maximum Gasteiger partial charge on any atom is 0.272 e. The third kappa shape index (κ3) is 3.30. The number of halogens is 1. The lowest BCUT2D eigenvalue weighted by atomic mass is 10.3. The van der Waals surface area contributed by atoms with Crippen molar-refractivity contribution in [3.05, 3.63) is 28.5 Å². The van der Waals surface area contributed by atoms with Crippen LogP contribution in [-0.2, 0) is 0 Å². The average molecular weight is 271 g/mol. The van der Waals surface area contributed by atoms with Gasteiger partial charge in [-0.3, -0.25) is 4.79 Å². The van der Waals surface area contributed by atoms with Crippen molar-refractivity contribution in [2.75, 3.05) is 13.1 Å². The zero-order valence-corrected chi connectivity index (χ0v) is 10.6. The van der Waals surface area contributed by atoms with Crippen molar-refractivity contribution in [2.45, 2.75) is 20.3 Å². The molecule has 4 heteroatoms. The van der Waals surface area contributed by atoms with Gasteiger partial charge >= 0.3 is 0 Å². The van der Waals surface area contributed by atoms with E-state index in [0.29, 0.717) is 10.3 Å². The topological polar surface area (TPSA) is 33.2 Å². The molecule has 1 rings (SSSR count). The van der Waals surface area contributed by atoms with E-state index < -0.39 is 0 Å². The summed E-state index contributed by atoms with van der Waals surface area (Å²) in [4.78, 5) is 17.9. The fourth-order valence-corrected chi connectivity index (χ4v) is 1.71. The van der Waals surface area contributed by atoms with Crippen molar-refractivity contribution < 1.29 is 4.79 Å². The van der Waals surface area contributed by atoms with Gasteiger partial charge in [-0.05, 0) is 41.4 Å². The molecule has 1 heterocycles. The molecule has 15 heavy (non-hydrogen) atoms. The molecule has 0 spiro atoms. The van der Waals surface area contributed by atoms with E-state index in [1.807, 2.05) is 19.1 Å². The van der Waals surface area contributed by atoms with Gasteiger partial charge in [-0.2, -0.15) is 0 Å². The van der Waals surface area contributed by atoms with Crippen LogP contribution in [0.3, 0.4) is 0 Å². The summed E-state index contributed by atoms with van der Waals surface area (Å²) in [5.74, 6) is 0.000602. The summed E-state index contributed by atoms with van der Waals surface area (Å²) >= 11 is 3.26. The summed E-state index contributed by atoms with van der Waals surface area (Å²) in [7, 11) is 0. The number of rotatable bonds is 4. The molecule has 0 bridgehead atoms. The molecule has 0 saturated carbocycles. The minimum Gasteiger partial charge on any atom is -0.338 e. The predicted octanol–water partition coefficient (Wildman–Crippen LogP) is 2.72. The van der Waals surface area contributed by atoms with Crippen molar-refractivity contribution >= 4 is 21.8 Å². The van der Waals surface area contributed by atoms with E-state index >= 15 is 0 Å². The molecule has 0 radical (unpaired) electrons. The zero-order valence-electron chi connectivity index (χ0n) is 9.03. The van der Waals surface area contributed by atoms with Crippen LogP contribution in [0.5, 0.6) is 0 Å². The van der Waals surface area contributed by atoms with Crippen molar-refractivity contribution in [3.8, 4) is 0 Å². The van der Waals surface area contributed by atoms with E-state index in [2.05, 4.69) is 27.8 Å². The van der Waals surface area contributed by atoms with Gasteiger partial charge in [-0.25, -0.2) is 4.98 Å². The van der Waals surface area contributed by atoms with Crippen LogP contribution in [0.25, 0.3) is 0 Å². The molecule has 0 atom stereocenters. The van der Waals surface area contributed by atoms with E-state index in [1.54, 1.807) is 11.0 Å². The molecule has 82 valence electrons. The number of aromatic nitrogens is 1. The van der Waals surface area contributed by atoms with Crippen LogP contribution >= 0.6 is 15.9 Å². The molecule has 0 aliphatic rings. The molecule has 1 aromatic heterocycles. The molecule has 0 aromatic carbocycles. The van der Waals surface area contributed by atoms with Gasteiger partial charge in [0.15, 0.2) is 0 Å². The third-order valence-corrected chi connectivity index (χ3v) is 2.54. The second kappa shape index (κ2) is 5.85. The van der Waals surface area contributed by atoms with E-state index in [4.69, 9.17) is 0 Å². The quantitative estimate of drug-likeness (QED) is 0.789. The van der Waals surface area contributed by atoms with Crippen molar-refractivity contribution in [3.63, 3.8) is 0 Å². The molecule has 0 aliphatic carbocycles. The summed E-state index contributed by atoms with van der Waals surface area (Å²) in [6, 6.07) is 5.38. The number of nitrogens with zero attached hydrogens (tertiary/aromatic N) is 2. The predicted molar refractivity (Wildman–Crippen MR) is 63.8 cm³/mol. The molecular formula is C11H15BrN2O. The highest BCUT2D eigenvalue weighted by Gasteiger charge is 2.14. The van der Waals surface area contributed by atoms with Gasteiger partial charge in [0.05, 0.1) is 0 Å². The molecule has 0 saturated heterocycles. The number of amides is 1. The number of pyridine rings is 1.